The fourth-order valence-electron chi connectivity index (χ4n) is 8.22. The van der Waals surface area contributed by atoms with E-state index in [0.717, 1.165) is 62.6 Å². The zero-order valence-corrected chi connectivity index (χ0v) is 37.7. The Bertz CT molecular complexity index is 2620. The van der Waals surface area contributed by atoms with E-state index in [9.17, 15) is 0 Å². The SMILES string of the molecule is Clc1cc2c(cn1)c(I)nn2C(c1ccccc1)(c1ccccc1)c1ccccc1.Clc1cc2c(cn1)c(I)nn2C(c1ccccc1)(c1ccccc1)c1ccccc1. The number of halogens is 4. The average Bonchev–Trinajstić information content (AvgIpc) is 3.81. The van der Waals surface area contributed by atoms with Crippen LogP contribution < -0.4 is 0 Å². The van der Waals surface area contributed by atoms with Crippen LogP contribution in [0, 0.1) is 7.40 Å². The maximum atomic E-state index is 6.33. The summed E-state index contributed by atoms with van der Waals surface area (Å²) in [4.78, 5) is 8.58. The Morgan fingerprint density at radius 3 is 0.833 bits per heavy atom. The minimum absolute atomic E-state index is 0.447. The third kappa shape index (κ3) is 7.08. The zero-order chi connectivity index (χ0) is 41.1. The molecule has 6 nitrogen and oxygen atoms in total. The van der Waals surface area contributed by atoms with Gasteiger partial charge >= 0.3 is 0 Å². The topological polar surface area (TPSA) is 61.4 Å². The standard InChI is InChI=1S/2C25H17ClIN3/c2*26-23-16-22-21(17-28-23)24(27)29-30(22)25(18-10-4-1-5-11-18,19-12-6-2-7-13-19)20-14-8-3-9-15-20/h2*1-17H. The van der Waals surface area contributed by atoms with Gasteiger partial charge in [-0.15, -0.1) is 0 Å². The fraction of sp³-hybridized carbons (Fsp3) is 0.0400. The fourth-order valence-corrected chi connectivity index (χ4v) is 9.79. The van der Waals surface area contributed by atoms with Crippen molar-refractivity contribution in [1.82, 2.24) is 29.5 Å². The molecule has 0 aliphatic rings. The van der Waals surface area contributed by atoms with Gasteiger partial charge in [-0.2, -0.15) is 10.2 Å². The van der Waals surface area contributed by atoms with Crippen molar-refractivity contribution in [2.75, 3.05) is 0 Å². The lowest BCUT2D eigenvalue weighted by Crippen LogP contribution is -2.38. The number of hydrogen-bond donors (Lipinski definition) is 0. The van der Waals surface area contributed by atoms with Gasteiger partial charge in [0.25, 0.3) is 0 Å². The smallest absolute Gasteiger partial charge is 0.138 e. The monoisotopic (exact) mass is 1040 g/mol. The van der Waals surface area contributed by atoms with E-state index in [1.54, 1.807) is 12.4 Å². The van der Waals surface area contributed by atoms with Crippen LogP contribution in [0.3, 0.4) is 0 Å². The van der Waals surface area contributed by atoms with Gasteiger partial charge in [0.05, 0.1) is 21.8 Å². The second kappa shape index (κ2) is 17.3. The molecule has 10 heteroatoms. The van der Waals surface area contributed by atoms with E-state index in [0.29, 0.717) is 10.3 Å². The number of hydrogen-bond acceptors (Lipinski definition) is 4. The molecule has 0 fully saturated rings. The number of aromatic nitrogens is 6. The molecule has 0 atom stereocenters. The molecule has 4 heterocycles. The van der Waals surface area contributed by atoms with Gasteiger partial charge in [0.2, 0.25) is 0 Å². The van der Waals surface area contributed by atoms with Crippen LogP contribution in [0.5, 0.6) is 0 Å². The van der Waals surface area contributed by atoms with Crippen LogP contribution >= 0.6 is 68.4 Å². The van der Waals surface area contributed by atoms with E-state index in [1.165, 1.54) is 0 Å². The Balaban J connectivity index is 0.000000154. The van der Waals surface area contributed by atoms with Crippen molar-refractivity contribution in [1.29, 1.82) is 0 Å². The van der Waals surface area contributed by atoms with Crippen LogP contribution in [0.1, 0.15) is 33.4 Å². The number of nitrogens with zero attached hydrogens (tertiary/aromatic N) is 6. The third-order valence-corrected chi connectivity index (χ3v) is 12.8. The summed E-state index contributed by atoms with van der Waals surface area (Å²) in [5.41, 5.74) is 7.27. The number of fused-ring (bicyclic) bond motifs is 2. The van der Waals surface area contributed by atoms with Crippen LogP contribution in [0.2, 0.25) is 10.3 Å². The molecule has 60 heavy (non-hydrogen) atoms. The zero-order valence-electron chi connectivity index (χ0n) is 31.8. The quantitative estimate of drug-likeness (QED) is 0.0864. The summed E-state index contributed by atoms with van der Waals surface area (Å²) in [6, 6.07) is 66.7. The van der Waals surface area contributed by atoms with E-state index >= 15 is 0 Å². The summed E-state index contributed by atoms with van der Waals surface area (Å²) in [6.45, 7) is 0. The maximum absolute atomic E-state index is 6.33. The van der Waals surface area contributed by atoms with Crippen LogP contribution in [-0.2, 0) is 11.1 Å². The lowest BCUT2D eigenvalue weighted by Gasteiger charge is -2.37. The van der Waals surface area contributed by atoms with Gasteiger partial charge in [-0.1, -0.05) is 205 Å². The highest BCUT2D eigenvalue weighted by molar-refractivity contribution is 14.1. The van der Waals surface area contributed by atoms with Crippen LogP contribution in [-0.4, -0.2) is 29.5 Å². The first-order valence-electron chi connectivity index (χ1n) is 19.2. The normalized spacial score (nSPS) is 11.7. The molecule has 10 aromatic rings. The van der Waals surface area contributed by atoms with Crippen molar-refractivity contribution in [3.05, 3.63) is 258 Å². The average molecular weight is 1040 g/mol. The summed E-state index contributed by atoms with van der Waals surface area (Å²) >= 11 is 17.2. The number of pyridine rings is 2. The summed E-state index contributed by atoms with van der Waals surface area (Å²) in [6.07, 6.45) is 3.60. The summed E-state index contributed by atoms with van der Waals surface area (Å²) in [5.74, 6) is 0. The maximum Gasteiger partial charge on any atom is 0.138 e. The van der Waals surface area contributed by atoms with Gasteiger partial charge < -0.3 is 0 Å². The largest absolute Gasteiger partial charge is 0.244 e. The Morgan fingerprint density at radius 1 is 0.367 bits per heavy atom. The minimum Gasteiger partial charge on any atom is -0.244 e. The van der Waals surface area contributed by atoms with E-state index in [1.807, 2.05) is 48.5 Å². The predicted molar refractivity (Wildman–Crippen MR) is 260 cm³/mol. The lowest BCUT2D eigenvalue weighted by molar-refractivity contribution is 0.473. The van der Waals surface area contributed by atoms with Crippen molar-refractivity contribution in [3.63, 3.8) is 0 Å². The van der Waals surface area contributed by atoms with Crippen LogP contribution in [0.25, 0.3) is 21.8 Å². The molecule has 6 aromatic carbocycles. The van der Waals surface area contributed by atoms with E-state index in [-0.39, 0.29) is 0 Å². The second-order valence-electron chi connectivity index (χ2n) is 14.1. The van der Waals surface area contributed by atoms with Gasteiger partial charge in [0.15, 0.2) is 0 Å². The third-order valence-electron chi connectivity index (χ3n) is 10.8. The molecule has 0 aliphatic heterocycles. The van der Waals surface area contributed by atoms with Gasteiger partial charge in [-0.25, -0.2) is 19.3 Å². The van der Waals surface area contributed by atoms with Crippen molar-refractivity contribution < 1.29 is 0 Å². The first-order chi connectivity index (χ1) is 29.4. The molecule has 0 radical (unpaired) electrons. The highest BCUT2D eigenvalue weighted by atomic mass is 127. The van der Waals surface area contributed by atoms with Crippen molar-refractivity contribution in [3.8, 4) is 0 Å². The summed E-state index contributed by atoms with van der Waals surface area (Å²) in [7, 11) is 0. The molecule has 0 aliphatic carbocycles. The Morgan fingerprint density at radius 2 is 0.600 bits per heavy atom. The van der Waals surface area contributed by atoms with E-state index in [4.69, 9.17) is 33.4 Å². The Kier molecular flexibility index (Phi) is 11.5. The summed E-state index contributed by atoms with van der Waals surface area (Å²) in [5, 5.41) is 12.9. The highest BCUT2D eigenvalue weighted by Gasteiger charge is 2.42. The molecule has 0 unspecified atom stereocenters. The molecular formula is C50H34Cl2I2N6. The first-order valence-corrected chi connectivity index (χ1v) is 22.1. The van der Waals surface area contributed by atoms with E-state index < -0.39 is 11.1 Å². The summed E-state index contributed by atoms with van der Waals surface area (Å²) < 4.78 is 5.97. The highest BCUT2D eigenvalue weighted by Crippen LogP contribution is 2.44. The molecule has 0 N–H and O–H groups in total. The van der Waals surface area contributed by atoms with Crippen molar-refractivity contribution in [2.45, 2.75) is 11.1 Å². The van der Waals surface area contributed by atoms with Gasteiger partial charge in [0.1, 0.15) is 28.8 Å². The molecule has 4 aromatic heterocycles. The van der Waals surface area contributed by atoms with Crippen LogP contribution in [0.4, 0.5) is 0 Å². The number of benzene rings is 6. The molecule has 292 valence electrons. The number of rotatable bonds is 8. The van der Waals surface area contributed by atoms with Gasteiger partial charge in [0, 0.05) is 24.5 Å². The molecule has 0 spiro atoms. The first kappa shape index (κ1) is 40.0. The van der Waals surface area contributed by atoms with E-state index in [2.05, 4.69) is 210 Å². The lowest BCUT2D eigenvalue weighted by atomic mass is 9.77. The molecular weight excluding hydrogens is 1010 g/mol. The molecule has 0 amide bonds. The van der Waals surface area contributed by atoms with Crippen LogP contribution in [0.15, 0.2) is 207 Å². The molecule has 10 rings (SSSR count). The van der Waals surface area contributed by atoms with Crippen molar-refractivity contribution in [2.24, 2.45) is 0 Å². The predicted octanol–water partition coefficient (Wildman–Crippen LogP) is 13.1. The Labute approximate surface area is 385 Å². The second-order valence-corrected chi connectivity index (χ2v) is 16.9. The van der Waals surface area contributed by atoms with Crippen molar-refractivity contribution >= 4 is 90.2 Å². The van der Waals surface area contributed by atoms with Gasteiger partial charge in [-0.3, -0.25) is 0 Å². The molecule has 0 saturated heterocycles. The molecule has 0 bridgehead atoms. The Hall–Kier alpha value is -5.40. The van der Waals surface area contributed by atoms with Gasteiger partial charge in [-0.05, 0) is 78.6 Å². The molecule has 0 saturated carbocycles. The minimum atomic E-state index is -0.671.